The van der Waals surface area contributed by atoms with Crippen LogP contribution < -0.4 is 0 Å². The number of hydrogen-bond donors (Lipinski definition) is 0. The number of aliphatic imine (C=N–C) groups is 2. The van der Waals surface area contributed by atoms with Crippen molar-refractivity contribution in [1.82, 2.24) is 9.80 Å². The molecule has 0 aromatic heterocycles. The van der Waals surface area contributed by atoms with Crippen LogP contribution in [-0.2, 0) is 6.42 Å². The highest BCUT2D eigenvalue weighted by atomic mass is 35.5. The molecule has 4 nitrogen and oxygen atoms in total. The van der Waals surface area contributed by atoms with Crippen molar-refractivity contribution in [3.05, 3.63) is 123 Å². The third-order valence-electron chi connectivity index (χ3n) is 9.57. The number of halogens is 6. The van der Waals surface area contributed by atoms with Crippen LogP contribution in [0.3, 0.4) is 0 Å². The topological polar surface area (TPSA) is 31.2 Å². The van der Waals surface area contributed by atoms with Gasteiger partial charge >= 0.3 is 0 Å². The zero-order chi connectivity index (χ0) is 38.2. The van der Waals surface area contributed by atoms with E-state index in [1.165, 1.54) is 28.3 Å². The molecule has 4 aromatic rings. The quantitative estimate of drug-likeness (QED) is 0.0807. The SMILES string of the molecule is CCc1cc(C)cc(C)c1C(=Nc1c(C(C)C)cccc1C(C)C)N1CCCN(C(=Nc2c(C)cc(C)cc2F)c2c(Cl)c(Cl)c(Cl)c(Cl)c2Cl)C1. The van der Waals surface area contributed by atoms with Gasteiger partial charge in [0.1, 0.15) is 23.2 Å². The van der Waals surface area contributed by atoms with Gasteiger partial charge in [-0.25, -0.2) is 14.4 Å². The molecular formula is C42H46Cl5FN4. The van der Waals surface area contributed by atoms with Crippen LogP contribution in [0.5, 0.6) is 0 Å². The third-order valence-corrected chi connectivity index (χ3v) is 11.8. The molecular weight excluding hydrogens is 757 g/mol. The summed E-state index contributed by atoms with van der Waals surface area (Å²) >= 11 is 33.6. The Labute approximate surface area is 333 Å². The molecule has 5 rings (SSSR count). The first-order valence-electron chi connectivity index (χ1n) is 17.7. The number of hydrogen-bond acceptors (Lipinski definition) is 2. The van der Waals surface area contributed by atoms with Gasteiger partial charge in [-0.1, -0.05) is 135 Å². The maximum Gasteiger partial charge on any atom is 0.149 e. The molecule has 0 unspecified atom stereocenters. The Bertz CT molecular complexity index is 1990. The lowest BCUT2D eigenvalue weighted by molar-refractivity contribution is 0.214. The van der Waals surface area contributed by atoms with Crippen molar-refractivity contribution in [2.24, 2.45) is 9.98 Å². The minimum absolute atomic E-state index is 0.0422. The van der Waals surface area contributed by atoms with Crippen LogP contribution in [0.1, 0.15) is 103 Å². The van der Waals surface area contributed by atoms with Crippen molar-refractivity contribution in [2.75, 3.05) is 19.8 Å². The fourth-order valence-corrected chi connectivity index (χ4v) is 8.38. The summed E-state index contributed by atoms with van der Waals surface area (Å²) < 4.78 is 15.7. The molecule has 1 aliphatic heterocycles. The van der Waals surface area contributed by atoms with Gasteiger partial charge in [-0.05, 0) is 91.8 Å². The molecule has 1 saturated heterocycles. The molecule has 1 heterocycles. The highest BCUT2D eigenvalue weighted by Gasteiger charge is 2.32. The molecule has 0 atom stereocenters. The minimum Gasteiger partial charge on any atom is -0.338 e. The lowest BCUT2D eigenvalue weighted by atomic mass is 9.92. The van der Waals surface area contributed by atoms with E-state index in [1.54, 1.807) is 0 Å². The number of aryl methyl sites for hydroxylation is 5. The molecule has 4 aromatic carbocycles. The second kappa shape index (κ2) is 16.7. The van der Waals surface area contributed by atoms with E-state index in [1.807, 2.05) is 19.9 Å². The summed E-state index contributed by atoms with van der Waals surface area (Å²) in [6.45, 7) is 20.6. The summed E-state index contributed by atoms with van der Waals surface area (Å²) in [5.74, 6) is 1.27. The average molecular weight is 803 g/mol. The molecule has 0 N–H and O–H groups in total. The second-order valence-corrected chi connectivity index (χ2v) is 16.2. The zero-order valence-corrected chi connectivity index (χ0v) is 35.1. The van der Waals surface area contributed by atoms with Gasteiger partial charge in [-0.3, -0.25) is 0 Å². The molecule has 0 aliphatic carbocycles. The Morgan fingerprint density at radius 2 is 1.15 bits per heavy atom. The summed E-state index contributed by atoms with van der Waals surface area (Å²) in [4.78, 5) is 15.0. The van der Waals surface area contributed by atoms with E-state index in [9.17, 15) is 0 Å². The van der Waals surface area contributed by atoms with E-state index in [-0.39, 0.29) is 48.2 Å². The first kappa shape index (κ1) is 40.4. The highest BCUT2D eigenvalue weighted by Crippen LogP contribution is 2.45. The fourth-order valence-electron chi connectivity index (χ4n) is 7.07. The van der Waals surface area contributed by atoms with Gasteiger partial charge in [-0.15, -0.1) is 0 Å². The van der Waals surface area contributed by atoms with E-state index in [4.69, 9.17) is 68.0 Å². The van der Waals surface area contributed by atoms with Crippen molar-refractivity contribution < 1.29 is 4.39 Å². The van der Waals surface area contributed by atoms with Gasteiger partial charge in [0.05, 0.1) is 43.0 Å². The predicted octanol–water partition coefficient (Wildman–Crippen LogP) is 14.0. The van der Waals surface area contributed by atoms with Crippen molar-refractivity contribution in [3.63, 3.8) is 0 Å². The minimum atomic E-state index is -0.459. The molecule has 0 spiro atoms. The van der Waals surface area contributed by atoms with Crippen LogP contribution in [0.25, 0.3) is 0 Å². The molecule has 0 radical (unpaired) electrons. The molecule has 0 amide bonds. The molecule has 10 heteroatoms. The third kappa shape index (κ3) is 8.15. The first-order valence-corrected chi connectivity index (χ1v) is 19.6. The predicted molar refractivity (Wildman–Crippen MR) is 223 cm³/mol. The average Bonchev–Trinajstić information content (AvgIpc) is 3.09. The molecule has 1 aliphatic rings. The van der Waals surface area contributed by atoms with Crippen LogP contribution in [0.15, 0.2) is 52.4 Å². The summed E-state index contributed by atoms with van der Waals surface area (Å²) in [7, 11) is 0. The fraction of sp³-hybridized carbons (Fsp3) is 0.381. The molecule has 52 heavy (non-hydrogen) atoms. The second-order valence-electron chi connectivity index (χ2n) is 14.3. The van der Waals surface area contributed by atoms with Crippen molar-refractivity contribution in [2.45, 2.75) is 87.0 Å². The molecule has 276 valence electrons. The van der Waals surface area contributed by atoms with Crippen molar-refractivity contribution >= 4 is 81.1 Å². The Morgan fingerprint density at radius 1 is 0.673 bits per heavy atom. The van der Waals surface area contributed by atoms with Crippen molar-refractivity contribution in [3.8, 4) is 0 Å². The lowest BCUT2D eigenvalue weighted by Crippen LogP contribution is -2.50. The number of benzene rings is 4. The number of para-hydroxylation sites is 1. The largest absolute Gasteiger partial charge is 0.338 e. The molecule has 0 saturated carbocycles. The number of nitrogens with zero attached hydrogens (tertiary/aromatic N) is 4. The highest BCUT2D eigenvalue weighted by molar-refractivity contribution is 6.56. The smallest absolute Gasteiger partial charge is 0.149 e. The van der Waals surface area contributed by atoms with Gasteiger partial charge in [0.25, 0.3) is 0 Å². The van der Waals surface area contributed by atoms with Crippen LogP contribution in [-0.4, -0.2) is 41.2 Å². The molecule has 0 bridgehead atoms. The van der Waals surface area contributed by atoms with Gasteiger partial charge in [0, 0.05) is 18.7 Å². The van der Waals surface area contributed by atoms with Crippen LogP contribution in [0.2, 0.25) is 25.1 Å². The van der Waals surface area contributed by atoms with E-state index >= 15 is 4.39 Å². The zero-order valence-electron chi connectivity index (χ0n) is 31.3. The van der Waals surface area contributed by atoms with Gasteiger partial charge < -0.3 is 9.80 Å². The summed E-state index contributed by atoms with van der Waals surface area (Å²) in [6, 6.07) is 14.3. The van der Waals surface area contributed by atoms with E-state index in [0.29, 0.717) is 24.6 Å². The summed E-state index contributed by atoms with van der Waals surface area (Å²) in [5.41, 5.74) is 9.97. The normalized spacial score (nSPS) is 14.3. The number of rotatable bonds is 7. The Balaban J connectivity index is 1.79. The Kier molecular flexibility index (Phi) is 13.0. The van der Waals surface area contributed by atoms with Crippen LogP contribution >= 0.6 is 58.0 Å². The van der Waals surface area contributed by atoms with Crippen LogP contribution in [0.4, 0.5) is 15.8 Å². The summed E-state index contributed by atoms with van der Waals surface area (Å²) in [6.07, 6.45) is 1.58. The molecule has 1 fully saturated rings. The first-order chi connectivity index (χ1) is 24.5. The Hall–Kier alpha value is -2.80. The van der Waals surface area contributed by atoms with Gasteiger partial charge in [0.2, 0.25) is 0 Å². The standard InChI is InChI=1S/C42H46Cl5FN4/c1-10-28-19-24(6)17-26(8)32(28)41(50-40-29(22(2)3)13-11-14-30(40)23(4)5)51-15-12-16-52(21-51)42(49-39-27(9)18-25(7)20-31(39)48)33-34(43)36(45)38(47)37(46)35(33)44/h11,13-14,17-20,22-23H,10,12,15-16,21H2,1-9H3. The van der Waals surface area contributed by atoms with E-state index < -0.39 is 5.82 Å². The number of amidine groups is 2. The lowest BCUT2D eigenvalue weighted by Gasteiger charge is -2.40. The van der Waals surface area contributed by atoms with Gasteiger partial charge in [-0.2, -0.15) is 0 Å². The van der Waals surface area contributed by atoms with Crippen LogP contribution in [0, 0.1) is 33.5 Å². The summed E-state index contributed by atoms with van der Waals surface area (Å²) in [5, 5.41) is 0.316. The van der Waals surface area contributed by atoms with E-state index in [0.717, 1.165) is 47.6 Å². The van der Waals surface area contributed by atoms with Crippen molar-refractivity contribution in [1.29, 1.82) is 0 Å². The maximum atomic E-state index is 15.7. The van der Waals surface area contributed by atoms with E-state index in [2.05, 4.69) is 88.6 Å². The van der Waals surface area contributed by atoms with Gasteiger partial charge in [0.15, 0.2) is 0 Å². The maximum absolute atomic E-state index is 15.7. The monoisotopic (exact) mass is 800 g/mol. The Morgan fingerprint density at radius 3 is 1.67 bits per heavy atom.